The Bertz CT molecular complexity index is 744. The molecule has 1 saturated heterocycles. The van der Waals surface area contributed by atoms with Crippen molar-refractivity contribution in [2.45, 2.75) is 43.6 Å². The predicted octanol–water partition coefficient (Wildman–Crippen LogP) is -4.13. The number of β-lactam (4-membered cyclic amide) rings is 1. The number of hydrogen-bond donors (Lipinski definition) is 4. The number of nitrogens with zero attached hydrogens (tertiary/aromatic N) is 1. The van der Waals surface area contributed by atoms with Gasteiger partial charge in [-0.25, -0.2) is 4.79 Å². The molecule has 3 atom stereocenters. The third-order valence-corrected chi connectivity index (χ3v) is 5.59. The van der Waals surface area contributed by atoms with Gasteiger partial charge in [0, 0.05) is 24.7 Å². The largest absolute Gasteiger partial charge is 1.00 e. The average molecular weight is 438 g/mol. The molecule has 0 radical (unpaired) electrons. The van der Waals surface area contributed by atoms with Crippen molar-refractivity contribution in [1.82, 2.24) is 10.2 Å². The van der Waals surface area contributed by atoms with Crippen LogP contribution < -0.4 is 40.6 Å². The van der Waals surface area contributed by atoms with Crippen molar-refractivity contribution in [2.24, 2.45) is 5.73 Å². The molecule has 2 aliphatic rings. The fourth-order valence-electron chi connectivity index (χ4n) is 2.83. The zero-order chi connectivity index (χ0) is 21.0. The van der Waals surface area contributed by atoms with Crippen LogP contribution in [0.4, 0.5) is 0 Å². The topological polar surface area (TPSA) is 176 Å². The van der Waals surface area contributed by atoms with Gasteiger partial charge in [-0.1, -0.05) is 0 Å². The van der Waals surface area contributed by atoms with Crippen molar-refractivity contribution in [3.63, 3.8) is 0 Å². The van der Waals surface area contributed by atoms with Gasteiger partial charge in [0.05, 0.1) is 0 Å². The molecule has 11 nitrogen and oxygen atoms in total. The van der Waals surface area contributed by atoms with Crippen LogP contribution in [-0.2, 0) is 28.7 Å². The molecule has 0 unspecified atom stereocenters. The van der Waals surface area contributed by atoms with Gasteiger partial charge >= 0.3 is 47.5 Å². The van der Waals surface area contributed by atoms with Gasteiger partial charge in [0.25, 0.3) is 5.91 Å². The van der Waals surface area contributed by atoms with Crippen LogP contribution in [0.5, 0.6) is 0 Å². The van der Waals surface area contributed by atoms with E-state index in [4.69, 9.17) is 15.6 Å². The quantitative estimate of drug-likeness (QED) is 0.157. The molecule has 0 aromatic rings. The first-order valence-corrected chi connectivity index (χ1v) is 9.49. The van der Waals surface area contributed by atoms with Crippen molar-refractivity contribution in [3.8, 4) is 0 Å². The van der Waals surface area contributed by atoms with E-state index in [0.717, 1.165) is 4.90 Å². The van der Waals surface area contributed by atoms with Crippen molar-refractivity contribution in [1.29, 1.82) is 0 Å². The summed E-state index contributed by atoms with van der Waals surface area (Å²) in [5.74, 6) is -3.79. The van der Waals surface area contributed by atoms with E-state index in [1.54, 1.807) is 0 Å². The molecule has 0 aromatic heterocycles. The number of carbonyl (C=O) groups is 5. The third-order valence-electron chi connectivity index (χ3n) is 4.25. The Morgan fingerprint density at radius 3 is 2.55 bits per heavy atom. The summed E-state index contributed by atoms with van der Waals surface area (Å²) in [5, 5.41) is 20.1. The Labute approximate surface area is 192 Å². The van der Waals surface area contributed by atoms with Gasteiger partial charge in [-0.2, -0.15) is 0 Å². The van der Waals surface area contributed by atoms with E-state index in [2.05, 4.69) is 5.32 Å². The Morgan fingerprint density at radius 2 is 2.00 bits per heavy atom. The second kappa shape index (κ2) is 11.0. The fourth-order valence-corrected chi connectivity index (χ4v) is 4.16. The minimum absolute atomic E-state index is 0. The summed E-state index contributed by atoms with van der Waals surface area (Å²) in [6.07, 6.45) is 0.368. The van der Waals surface area contributed by atoms with E-state index in [-0.39, 0.29) is 66.9 Å². The summed E-state index contributed by atoms with van der Waals surface area (Å²) in [7, 11) is 0. The van der Waals surface area contributed by atoms with E-state index >= 15 is 0 Å². The van der Waals surface area contributed by atoms with Crippen molar-refractivity contribution in [2.75, 3.05) is 12.4 Å². The van der Waals surface area contributed by atoms with Crippen LogP contribution in [-0.4, -0.2) is 74.7 Å². The summed E-state index contributed by atoms with van der Waals surface area (Å²) in [6, 6.07) is -1.92. The molecule has 0 aromatic carbocycles. The number of hydrogen-bond acceptors (Lipinski definition) is 8. The van der Waals surface area contributed by atoms with Crippen molar-refractivity contribution >= 4 is 41.5 Å². The summed E-state index contributed by atoms with van der Waals surface area (Å²) in [5.41, 5.74) is 5.44. The monoisotopic (exact) mass is 438 g/mol. The molecule has 0 bridgehead atoms. The fraction of sp³-hybridized carbons (Fsp3) is 0.562. The van der Waals surface area contributed by atoms with E-state index in [1.165, 1.54) is 18.7 Å². The minimum Gasteiger partial charge on any atom is -0.480 e. The standard InChI is InChI=1S/C16H21N3O8S.Na/c1-7(20)27-5-8-6-28-14-11(13(22)19(14)12(8)16(25)26)18-10(21)4-2-3-9(17)15(23)24;/h9,11,14H,2-6,17H2,1H3,(H,18,21)(H,23,24)(H,25,26);/q;+1/t9-,11-,14-;/m1./s1. The van der Waals surface area contributed by atoms with Gasteiger partial charge in [0.2, 0.25) is 5.91 Å². The van der Waals surface area contributed by atoms with Crippen LogP contribution in [0.25, 0.3) is 0 Å². The number of carboxylic acid groups (broad SMARTS) is 2. The van der Waals surface area contributed by atoms with Crippen molar-refractivity contribution in [3.05, 3.63) is 11.3 Å². The molecule has 2 heterocycles. The van der Waals surface area contributed by atoms with Crippen LogP contribution in [0.2, 0.25) is 0 Å². The number of thioether (sulfide) groups is 1. The number of aliphatic carboxylic acids is 2. The molecule has 13 heteroatoms. The first-order valence-electron chi connectivity index (χ1n) is 8.44. The number of esters is 1. The molecule has 2 aliphatic heterocycles. The number of nitrogens with two attached hydrogens (primary N) is 1. The summed E-state index contributed by atoms with van der Waals surface area (Å²) in [6.45, 7) is 0.977. The van der Waals surface area contributed by atoms with Crippen LogP contribution in [0, 0.1) is 0 Å². The molecule has 0 saturated carbocycles. The summed E-state index contributed by atoms with van der Waals surface area (Å²) in [4.78, 5) is 58.7. The number of ether oxygens (including phenoxy) is 1. The van der Waals surface area contributed by atoms with Gasteiger partial charge in [0.15, 0.2) is 0 Å². The van der Waals surface area contributed by atoms with E-state index in [0.29, 0.717) is 5.57 Å². The van der Waals surface area contributed by atoms with Crippen LogP contribution in [0.3, 0.4) is 0 Å². The molecule has 29 heavy (non-hydrogen) atoms. The van der Waals surface area contributed by atoms with Gasteiger partial charge in [-0.05, 0) is 12.8 Å². The number of amides is 2. The second-order valence-corrected chi connectivity index (χ2v) is 7.43. The smallest absolute Gasteiger partial charge is 0.480 e. The van der Waals surface area contributed by atoms with Crippen LogP contribution in [0.15, 0.2) is 11.3 Å². The van der Waals surface area contributed by atoms with Crippen molar-refractivity contribution < 1.29 is 68.5 Å². The van der Waals surface area contributed by atoms with Gasteiger partial charge in [-0.3, -0.25) is 24.1 Å². The summed E-state index contributed by atoms with van der Waals surface area (Å²) >= 11 is 1.26. The Balaban J connectivity index is 0.00000420. The zero-order valence-corrected chi connectivity index (χ0v) is 18.9. The molecular formula is C16H21N3NaO8S+. The van der Waals surface area contributed by atoms with Gasteiger partial charge in [-0.15, -0.1) is 11.8 Å². The molecule has 2 amide bonds. The van der Waals surface area contributed by atoms with Gasteiger partial charge in [0.1, 0.15) is 29.8 Å². The third kappa shape index (κ3) is 6.19. The maximum atomic E-state index is 12.4. The molecule has 154 valence electrons. The van der Waals surface area contributed by atoms with E-state index in [9.17, 15) is 29.1 Å². The first-order chi connectivity index (χ1) is 13.1. The first kappa shape index (κ1) is 25.4. The number of rotatable bonds is 9. The maximum absolute atomic E-state index is 12.4. The SMILES string of the molecule is CC(=O)OCC1=C(C(=O)O)N2C(=O)[C@@H](NC(=O)CCC[C@@H](N)C(=O)O)[C@H]2SC1.[Na+]. The zero-order valence-electron chi connectivity index (χ0n) is 16.0. The number of carbonyl (C=O) groups excluding carboxylic acids is 3. The Hall–Kier alpha value is -1.60. The molecule has 1 fully saturated rings. The normalized spacial score (nSPS) is 21.3. The van der Waals surface area contributed by atoms with Gasteiger partial charge < -0.3 is 26.0 Å². The number of nitrogens with one attached hydrogen (secondary N) is 1. The number of fused-ring (bicyclic) bond motifs is 1. The Kier molecular flexibility index (Phi) is 9.62. The van der Waals surface area contributed by atoms with E-state index in [1.807, 2.05) is 0 Å². The average Bonchev–Trinajstić information content (AvgIpc) is 2.62. The molecular weight excluding hydrogens is 417 g/mol. The minimum atomic E-state index is -1.31. The van der Waals surface area contributed by atoms with E-state index < -0.39 is 47.2 Å². The molecule has 0 aliphatic carbocycles. The Morgan fingerprint density at radius 1 is 1.34 bits per heavy atom. The van der Waals surface area contributed by atoms with Crippen LogP contribution >= 0.6 is 11.8 Å². The molecule has 2 rings (SSSR count). The number of carboxylic acids is 2. The summed E-state index contributed by atoms with van der Waals surface area (Å²) < 4.78 is 4.84. The molecule has 5 N–H and O–H groups in total. The second-order valence-electron chi connectivity index (χ2n) is 6.33. The van der Waals surface area contributed by atoms with Crippen LogP contribution in [0.1, 0.15) is 26.2 Å². The predicted molar refractivity (Wildman–Crippen MR) is 95.8 cm³/mol. The molecule has 0 spiro atoms. The maximum Gasteiger partial charge on any atom is 1.00 e.